The van der Waals surface area contributed by atoms with Gasteiger partial charge in [0.25, 0.3) is 0 Å². The molecule has 3 rings (SSSR count). The van der Waals surface area contributed by atoms with Crippen LogP contribution in [0.2, 0.25) is 5.02 Å². The molecule has 0 spiro atoms. The van der Waals surface area contributed by atoms with Crippen LogP contribution in [0.5, 0.6) is 11.5 Å². The lowest BCUT2D eigenvalue weighted by Crippen LogP contribution is -2.02. The first-order valence-corrected chi connectivity index (χ1v) is 6.85. The molecule has 110 valence electrons. The number of aromatic hydroxyl groups is 2. The topological polar surface area (TPSA) is 77.8 Å². The van der Waals surface area contributed by atoms with Gasteiger partial charge in [0.1, 0.15) is 17.1 Å². The van der Waals surface area contributed by atoms with Crippen LogP contribution < -0.4 is 0 Å². The van der Waals surface area contributed by atoms with Crippen LogP contribution in [0, 0.1) is 0 Å². The summed E-state index contributed by atoms with van der Waals surface area (Å²) in [4.78, 5) is 11.6. The Labute approximate surface area is 130 Å². The van der Waals surface area contributed by atoms with Gasteiger partial charge >= 0.3 is 5.97 Å². The van der Waals surface area contributed by atoms with Crippen molar-refractivity contribution in [2.45, 2.75) is 0 Å². The van der Waals surface area contributed by atoms with Gasteiger partial charge in [-0.1, -0.05) is 54.1 Å². The maximum absolute atomic E-state index is 11.6. The predicted molar refractivity (Wildman–Crippen MR) is 84.7 cm³/mol. The number of carboxylic acids is 1. The number of aromatic carboxylic acids is 1. The van der Waals surface area contributed by atoms with Gasteiger partial charge in [0.15, 0.2) is 0 Å². The van der Waals surface area contributed by atoms with Crippen molar-refractivity contribution in [3.63, 3.8) is 0 Å². The van der Waals surface area contributed by atoms with E-state index in [2.05, 4.69) is 0 Å². The molecule has 3 aromatic rings. The number of carbonyl (C=O) groups is 1. The van der Waals surface area contributed by atoms with E-state index in [1.807, 2.05) is 0 Å². The summed E-state index contributed by atoms with van der Waals surface area (Å²) in [5.74, 6) is -1.96. The Morgan fingerprint density at radius 3 is 2.00 bits per heavy atom. The van der Waals surface area contributed by atoms with E-state index in [0.717, 1.165) is 0 Å². The van der Waals surface area contributed by atoms with Crippen molar-refractivity contribution in [3.05, 3.63) is 59.1 Å². The normalized spacial score (nSPS) is 10.8. The van der Waals surface area contributed by atoms with Gasteiger partial charge in [0, 0.05) is 26.9 Å². The Balaban J connectivity index is 2.53. The van der Waals surface area contributed by atoms with Gasteiger partial charge in [-0.3, -0.25) is 0 Å². The van der Waals surface area contributed by atoms with E-state index >= 15 is 0 Å². The molecule has 0 fully saturated rings. The highest BCUT2D eigenvalue weighted by Gasteiger charge is 2.25. The Hall–Kier alpha value is -2.72. The zero-order valence-electron chi connectivity index (χ0n) is 11.2. The molecule has 0 saturated carbocycles. The highest BCUT2D eigenvalue weighted by Crippen LogP contribution is 2.46. The molecule has 0 saturated heterocycles. The first-order valence-electron chi connectivity index (χ1n) is 6.47. The number of halogens is 1. The third-order valence-electron chi connectivity index (χ3n) is 3.52. The predicted octanol–water partition coefficient (Wildman–Crippen LogP) is 4.27. The molecule has 0 aliphatic carbocycles. The number of fused-ring (bicyclic) bond motifs is 1. The molecule has 0 aliphatic heterocycles. The van der Waals surface area contributed by atoms with Crippen LogP contribution in [0.15, 0.2) is 48.5 Å². The lowest BCUT2D eigenvalue weighted by Gasteiger charge is -2.15. The van der Waals surface area contributed by atoms with E-state index in [1.165, 1.54) is 0 Å². The summed E-state index contributed by atoms with van der Waals surface area (Å²) in [5, 5.41) is 31.3. The van der Waals surface area contributed by atoms with Crippen LogP contribution >= 0.6 is 11.6 Å². The van der Waals surface area contributed by atoms with Crippen molar-refractivity contribution in [1.82, 2.24) is 0 Å². The molecule has 3 N–H and O–H groups in total. The molecule has 0 aliphatic rings. The zero-order chi connectivity index (χ0) is 15.9. The van der Waals surface area contributed by atoms with Crippen LogP contribution in [0.25, 0.3) is 21.9 Å². The molecule has 0 heterocycles. The number of hydrogen-bond acceptors (Lipinski definition) is 3. The van der Waals surface area contributed by atoms with Crippen molar-refractivity contribution in [3.8, 4) is 22.6 Å². The van der Waals surface area contributed by atoms with Gasteiger partial charge in [-0.05, 0) is 6.07 Å². The Bertz CT molecular complexity index is 903. The van der Waals surface area contributed by atoms with Crippen molar-refractivity contribution in [2.75, 3.05) is 0 Å². The Kier molecular flexibility index (Phi) is 3.39. The molecular weight excluding hydrogens is 304 g/mol. The van der Waals surface area contributed by atoms with Crippen molar-refractivity contribution in [1.29, 1.82) is 0 Å². The Morgan fingerprint density at radius 2 is 1.41 bits per heavy atom. The fourth-order valence-electron chi connectivity index (χ4n) is 2.54. The third kappa shape index (κ3) is 2.05. The molecule has 0 aromatic heterocycles. The summed E-state index contributed by atoms with van der Waals surface area (Å²) in [6.07, 6.45) is 0. The monoisotopic (exact) mass is 314 g/mol. The minimum Gasteiger partial charge on any atom is -0.507 e. The summed E-state index contributed by atoms with van der Waals surface area (Å²) in [7, 11) is 0. The van der Waals surface area contributed by atoms with E-state index in [0.29, 0.717) is 10.9 Å². The van der Waals surface area contributed by atoms with Gasteiger partial charge in [-0.25, -0.2) is 4.79 Å². The van der Waals surface area contributed by atoms with E-state index in [9.17, 15) is 20.1 Å². The number of carboxylic acid groups (broad SMARTS) is 1. The summed E-state index contributed by atoms with van der Waals surface area (Å²) < 4.78 is 0. The molecule has 3 aromatic carbocycles. The van der Waals surface area contributed by atoms with Gasteiger partial charge in [-0.2, -0.15) is 0 Å². The van der Waals surface area contributed by atoms with Crippen LogP contribution in [-0.4, -0.2) is 21.3 Å². The molecular formula is C17H11ClO4. The fraction of sp³-hybridized carbons (Fsp3) is 0. The minimum absolute atomic E-state index is 0.00861. The summed E-state index contributed by atoms with van der Waals surface area (Å²) in [6.45, 7) is 0. The lowest BCUT2D eigenvalue weighted by atomic mass is 9.93. The van der Waals surface area contributed by atoms with E-state index in [1.54, 1.807) is 48.5 Å². The maximum atomic E-state index is 11.6. The summed E-state index contributed by atoms with van der Waals surface area (Å²) in [5.41, 5.74) is -0.0151. The number of hydrogen-bond donors (Lipinski definition) is 3. The first kappa shape index (κ1) is 14.2. The molecule has 5 heteroatoms. The average Bonchev–Trinajstić information content (AvgIpc) is 2.51. The van der Waals surface area contributed by atoms with Gasteiger partial charge in [-0.15, -0.1) is 0 Å². The largest absolute Gasteiger partial charge is 0.507 e. The number of phenolic OH excluding ortho intramolecular Hbond substituents is 1. The zero-order valence-corrected chi connectivity index (χ0v) is 12.0. The molecule has 0 amide bonds. The molecule has 22 heavy (non-hydrogen) atoms. The smallest absolute Gasteiger partial charge is 0.340 e. The second-order valence-corrected chi connectivity index (χ2v) is 5.18. The third-order valence-corrected chi connectivity index (χ3v) is 3.85. The second-order valence-electron chi connectivity index (χ2n) is 4.78. The minimum atomic E-state index is -1.34. The van der Waals surface area contributed by atoms with Crippen molar-refractivity contribution >= 4 is 28.3 Å². The molecule has 0 bridgehead atoms. The molecule has 0 unspecified atom stereocenters. The van der Waals surface area contributed by atoms with E-state index in [4.69, 9.17) is 11.6 Å². The number of phenols is 2. The SMILES string of the molecule is O=C(O)c1c(-c2ccccc2Cl)c(O)c2ccccc2c1O. The van der Waals surface area contributed by atoms with E-state index in [-0.39, 0.29) is 27.3 Å². The van der Waals surface area contributed by atoms with Crippen molar-refractivity contribution < 1.29 is 20.1 Å². The van der Waals surface area contributed by atoms with Crippen LogP contribution in [0.3, 0.4) is 0 Å². The van der Waals surface area contributed by atoms with Crippen LogP contribution in [0.4, 0.5) is 0 Å². The van der Waals surface area contributed by atoms with Gasteiger partial charge in [0.05, 0.1) is 0 Å². The summed E-state index contributed by atoms with van der Waals surface area (Å²) >= 11 is 6.13. The highest BCUT2D eigenvalue weighted by molar-refractivity contribution is 6.34. The standard InChI is InChI=1S/C17H11ClO4/c18-12-8-4-3-7-11(12)13-14(17(21)22)16(20)10-6-2-1-5-9(10)15(13)19/h1-8,19-20H,(H,21,22). The molecule has 4 nitrogen and oxygen atoms in total. The quantitative estimate of drug-likeness (QED) is 0.617. The van der Waals surface area contributed by atoms with E-state index < -0.39 is 11.7 Å². The highest BCUT2D eigenvalue weighted by atomic mass is 35.5. The average molecular weight is 315 g/mol. The second kappa shape index (κ2) is 5.24. The van der Waals surface area contributed by atoms with Gasteiger partial charge < -0.3 is 15.3 Å². The number of benzene rings is 3. The molecule has 0 atom stereocenters. The van der Waals surface area contributed by atoms with Crippen LogP contribution in [0.1, 0.15) is 10.4 Å². The Morgan fingerprint density at radius 1 is 0.864 bits per heavy atom. The van der Waals surface area contributed by atoms with Crippen LogP contribution in [-0.2, 0) is 0 Å². The fourth-order valence-corrected chi connectivity index (χ4v) is 2.77. The maximum Gasteiger partial charge on any atom is 0.340 e. The number of rotatable bonds is 2. The van der Waals surface area contributed by atoms with Gasteiger partial charge in [0.2, 0.25) is 0 Å². The molecule has 0 radical (unpaired) electrons. The first-order chi connectivity index (χ1) is 10.5. The lowest BCUT2D eigenvalue weighted by molar-refractivity contribution is 0.0694. The van der Waals surface area contributed by atoms with Crippen molar-refractivity contribution in [2.24, 2.45) is 0 Å². The summed E-state index contributed by atoms with van der Waals surface area (Å²) in [6, 6.07) is 13.1.